The first-order valence-corrected chi connectivity index (χ1v) is 6.84. The number of nitrogens with one attached hydrogen (secondary N) is 2. The molecule has 1 heterocycles. The number of benzene rings is 1. The Kier molecular flexibility index (Phi) is 4.65. The second-order valence-electron chi connectivity index (χ2n) is 4.48. The zero-order valence-corrected chi connectivity index (χ0v) is 12.5. The second kappa shape index (κ2) is 6.45. The lowest BCUT2D eigenvalue weighted by molar-refractivity contribution is -0.115. The number of carbonyl (C=O) groups excluding carboxylic acids is 2. The molecule has 0 bridgehead atoms. The Morgan fingerprint density at radius 1 is 1.24 bits per heavy atom. The average molecular weight is 307 g/mol. The van der Waals surface area contributed by atoms with Crippen molar-refractivity contribution in [3.8, 4) is 0 Å². The Bertz CT molecular complexity index is 679. The Labute approximate surface area is 127 Å². The molecule has 1 aromatic carbocycles. The molecule has 0 aliphatic rings. The van der Waals surface area contributed by atoms with Crippen LogP contribution in [0, 0.1) is 6.92 Å². The average Bonchev–Trinajstić information content (AvgIpc) is 2.88. The number of halogens is 1. The van der Waals surface area contributed by atoms with Gasteiger partial charge in [-0.05, 0) is 31.2 Å². The highest BCUT2D eigenvalue weighted by Crippen LogP contribution is 2.26. The van der Waals surface area contributed by atoms with E-state index in [0.717, 1.165) is 5.56 Å². The Balaban J connectivity index is 2.19. The van der Waals surface area contributed by atoms with Gasteiger partial charge in [0.2, 0.25) is 5.91 Å². The third-order valence-corrected chi connectivity index (χ3v) is 3.22. The second-order valence-corrected chi connectivity index (χ2v) is 4.89. The van der Waals surface area contributed by atoms with Crippen LogP contribution < -0.4 is 10.6 Å². The SMILES string of the molecule is CCC(=O)Nc1ccc(Cl)c(NC(=O)c2occc2C)c1. The minimum absolute atomic E-state index is 0.114. The fourth-order valence-corrected chi connectivity index (χ4v) is 1.90. The van der Waals surface area contributed by atoms with Crippen molar-refractivity contribution in [2.75, 3.05) is 10.6 Å². The molecule has 2 amide bonds. The van der Waals surface area contributed by atoms with Gasteiger partial charge < -0.3 is 15.1 Å². The van der Waals surface area contributed by atoms with Crippen LogP contribution in [-0.2, 0) is 4.79 Å². The molecule has 110 valence electrons. The minimum Gasteiger partial charge on any atom is -0.459 e. The predicted octanol–water partition coefficient (Wildman–Crippen LogP) is 3.84. The molecule has 6 heteroatoms. The van der Waals surface area contributed by atoms with Crippen LogP contribution in [0.15, 0.2) is 34.9 Å². The molecule has 0 atom stereocenters. The summed E-state index contributed by atoms with van der Waals surface area (Å²) in [5.41, 5.74) is 1.71. The Morgan fingerprint density at radius 2 is 2.00 bits per heavy atom. The van der Waals surface area contributed by atoms with E-state index in [-0.39, 0.29) is 11.7 Å². The summed E-state index contributed by atoms with van der Waals surface area (Å²) < 4.78 is 5.13. The monoisotopic (exact) mass is 306 g/mol. The molecule has 0 unspecified atom stereocenters. The molecule has 0 aliphatic heterocycles. The molecule has 2 rings (SSSR count). The first-order valence-electron chi connectivity index (χ1n) is 6.46. The van der Waals surface area contributed by atoms with Gasteiger partial charge in [0.05, 0.1) is 17.0 Å². The van der Waals surface area contributed by atoms with Crippen LogP contribution in [0.3, 0.4) is 0 Å². The number of anilines is 2. The maximum absolute atomic E-state index is 12.1. The van der Waals surface area contributed by atoms with E-state index in [1.807, 2.05) is 0 Å². The lowest BCUT2D eigenvalue weighted by Gasteiger charge is -2.09. The Morgan fingerprint density at radius 3 is 2.62 bits per heavy atom. The lowest BCUT2D eigenvalue weighted by atomic mass is 10.2. The first-order chi connectivity index (χ1) is 10.0. The normalized spacial score (nSPS) is 10.2. The van der Waals surface area contributed by atoms with Crippen molar-refractivity contribution < 1.29 is 14.0 Å². The number of aryl methyl sites for hydroxylation is 1. The Hall–Kier alpha value is -2.27. The molecule has 21 heavy (non-hydrogen) atoms. The van der Waals surface area contributed by atoms with Crippen LogP contribution in [0.1, 0.15) is 29.5 Å². The van der Waals surface area contributed by atoms with Gasteiger partial charge >= 0.3 is 0 Å². The number of amides is 2. The van der Waals surface area contributed by atoms with Crippen LogP contribution in [0.5, 0.6) is 0 Å². The molecule has 1 aromatic heterocycles. The van der Waals surface area contributed by atoms with Gasteiger partial charge in [-0.25, -0.2) is 0 Å². The van der Waals surface area contributed by atoms with Crippen molar-refractivity contribution in [3.05, 3.63) is 46.9 Å². The van der Waals surface area contributed by atoms with Gasteiger partial charge in [0, 0.05) is 17.7 Å². The van der Waals surface area contributed by atoms with Gasteiger partial charge in [0.15, 0.2) is 5.76 Å². The number of furan rings is 1. The zero-order chi connectivity index (χ0) is 15.4. The van der Waals surface area contributed by atoms with Crippen LogP contribution in [-0.4, -0.2) is 11.8 Å². The largest absolute Gasteiger partial charge is 0.459 e. The van der Waals surface area contributed by atoms with Gasteiger partial charge in [0.1, 0.15) is 0 Å². The summed E-state index contributed by atoms with van der Waals surface area (Å²) in [5.74, 6) is -0.274. The molecule has 2 N–H and O–H groups in total. The third kappa shape index (κ3) is 3.64. The molecule has 0 fully saturated rings. The lowest BCUT2D eigenvalue weighted by Crippen LogP contribution is -2.13. The summed E-state index contributed by atoms with van der Waals surface area (Å²) in [6.45, 7) is 3.53. The summed E-state index contributed by atoms with van der Waals surface area (Å²) in [5, 5.41) is 5.75. The van der Waals surface area contributed by atoms with Crippen LogP contribution in [0.25, 0.3) is 0 Å². The van der Waals surface area contributed by atoms with E-state index < -0.39 is 5.91 Å². The van der Waals surface area contributed by atoms with E-state index in [0.29, 0.717) is 22.8 Å². The summed E-state index contributed by atoms with van der Waals surface area (Å²) >= 11 is 6.05. The molecule has 0 radical (unpaired) electrons. The van der Waals surface area contributed by atoms with Crippen LogP contribution >= 0.6 is 11.6 Å². The standard InChI is InChI=1S/C15H15ClN2O3/c1-3-13(19)17-10-4-5-11(16)12(8-10)18-15(20)14-9(2)6-7-21-14/h4-8H,3H2,1-2H3,(H,17,19)(H,18,20). The van der Waals surface area contributed by atoms with E-state index in [9.17, 15) is 9.59 Å². The van der Waals surface area contributed by atoms with Crippen molar-refractivity contribution in [2.24, 2.45) is 0 Å². The van der Waals surface area contributed by atoms with E-state index in [1.165, 1.54) is 6.26 Å². The van der Waals surface area contributed by atoms with Crippen molar-refractivity contribution in [3.63, 3.8) is 0 Å². The fraction of sp³-hybridized carbons (Fsp3) is 0.200. The van der Waals surface area contributed by atoms with Crippen LogP contribution in [0.2, 0.25) is 5.02 Å². The quantitative estimate of drug-likeness (QED) is 0.901. The van der Waals surface area contributed by atoms with E-state index >= 15 is 0 Å². The van der Waals surface area contributed by atoms with Crippen molar-refractivity contribution in [1.29, 1.82) is 0 Å². The zero-order valence-electron chi connectivity index (χ0n) is 11.7. The van der Waals surface area contributed by atoms with E-state index in [4.69, 9.17) is 16.0 Å². The first kappa shape index (κ1) is 15.1. The molecular weight excluding hydrogens is 292 g/mol. The third-order valence-electron chi connectivity index (χ3n) is 2.89. The molecular formula is C15H15ClN2O3. The number of hydrogen-bond donors (Lipinski definition) is 2. The van der Waals surface area contributed by atoms with Gasteiger partial charge in [-0.15, -0.1) is 0 Å². The van der Waals surface area contributed by atoms with Gasteiger partial charge in [0.25, 0.3) is 5.91 Å². The maximum atomic E-state index is 12.1. The van der Waals surface area contributed by atoms with Crippen molar-refractivity contribution in [2.45, 2.75) is 20.3 Å². The summed E-state index contributed by atoms with van der Waals surface area (Å²) in [7, 11) is 0. The molecule has 2 aromatic rings. The fourth-order valence-electron chi connectivity index (χ4n) is 1.73. The summed E-state index contributed by atoms with van der Waals surface area (Å²) in [4.78, 5) is 23.5. The maximum Gasteiger partial charge on any atom is 0.291 e. The smallest absolute Gasteiger partial charge is 0.291 e. The summed E-state index contributed by atoms with van der Waals surface area (Å²) in [6.07, 6.45) is 1.82. The highest BCUT2D eigenvalue weighted by molar-refractivity contribution is 6.34. The van der Waals surface area contributed by atoms with Gasteiger partial charge in [-0.3, -0.25) is 9.59 Å². The van der Waals surface area contributed by atoms with Gasteiger partial charge in [-0.2, -0.15) is 0 Å². The summed E-state index contributed by atoms with van der Waals surface area (Å²) in [6, 6.07) is 6.58. The number of hydrogen-bond acceptors (Lipinski definition) is 3. The minimum atomic E-state index is -0.390. The van der Waals surface area contributed by atoms with Gasteiger partial charge in [-0.1, -0.05) is 18.5 Å². The van der Waals surface area contributed by atoms with E-state index in [2.05, 4.69) is 10.6 Å². The number of rotatable bonds is 4. The molecule has 0 spiro atoms. The van der Waals surface area contributed by atoms with Crippen molar-refractivity contribution in [1.82, 2.24) is 0 Å². The van der Waals surface area contributed by atoms with Crippen LogP contribution in [0.4, 0.5) is 11.4 Å². The highest BCUT2D eigenvalue weighted by Gasteiger charge is 2.14. The predicted molar refractivity (Wildman–Crippen MR) is 81.8 cm³/mol. The number of carbonyl (C=O) groups is 2. The highest BCUT2D eigenvalue weighted by atomic mass is 35.5. The molecule has 0 saturated carbocycles. The molecule has 0 aliphatic carbocycles. The topological polar surface area (TPSA) is 71.3 Å². The van der Waals surface area contributed by atoms with Crippen molar-refractivity contribution >= 4 is 34.8 Å². The molecule has 0 saturated heterocycles. The van der Waals surface area contributed by atoms with E-state index in [1.54, 1.807) is 38.1 Å². The molecule has 5 nitrogen and oxygen atoms in total.